The maximum atomic E-state index is 13.8. The van der Waals surface area contributed by atoms with Crippen LogP contribution in [0.2, 0.25) is 0 Å². The minimum absolute atomic E-state index is 0.00796. The molecule has 1 aromatic carbocycles. The average Bonchev–Trinajstić information content (AvgIpc) is 3.45. The van der Waals surface area contributed by atoms with Crippen LogP contribution in [-0.4, -0.2) is 37.6 Å². The Hall–Kier alpha value is -2.84. The monoisotopic (exact) mass is 450 g/mol. The summed E-state index contributed by atoms with van der Waals surface area (Å²) in [6.45, 7) is 2.75. The van der Waals surface area contributed by atoms with Crippen LogP contribution in [0.1, 0.15) is 33.5 Å². The molecule has 31 heavy (non-hydrogen) atoms. The second kappa shape index (κ2) is 8.36. The largest absolute Gasteiger partial charge is 0.331 e. The lowest BCUT2D eigenvalue weighted by atomic mass is 10.1. The van der Waals surface area contributed by atoms with Crippen molar-refractivity contribution >= 4 is 39.9 Å². The Bertz CT molecular complexity index is 1310. The van der Waals surface area contributed by atoms with Crippen molar-refractivity contribution in [1.82, 2.24) is 19.4 Å². The molecule has 5 rings (SSSR count). The minimum atomic E-state index is -0.179. The molecule has 3 aromatic heterocycles. The second-order valence-corrected chi connectivity index (χ2v) is 9.61. The first kappa shape index (κ1) is 20.1. The molecule has 1 N–H and O–H groups in total. The number of aromatic nitrogens is 3. The van der Waals surface area contributed by atoms with E-state index in [4.69, 9.17) is 0 Å². The van der Waals surface area contributed by atoms with Crippen molar-refractivity contribution in [3.63, 3.8) is 0 Å². The predicted molar refractivity (Wildman–Crippen MR) is 126 cm³/mol. The van der Waals surface area contributed by atoms with E-state index in [9.17, 15) is 9.59 Å². The van der Waals surface area contributed by atoms with Crippen LogP contribution in [0.5, 0.6) is 0 Å². The molecule has 8 heteroatoms. The van der Waals surface area contributed by atoms with Gasteiger partial charge in [0.2, 0.25) is 0 Å². The number of fused-ring (bicyclic) bond motifs is 2. The van der Waals surface area contributed by atoms with Crippen molar-refractivity contribution in [2.45, 2.75) is 25.6 Å². The van der Waals surface area contributed by atoms with Crippen LogP contribution in [0.15, 0.2) is 53.6 Å². The molecule has 0 saturated carbocycles. The van der Waals surface area contributed by atoms with Crippen molar-refractivity contribution in [2.75, 3.05) is 12.3 Å². The summed E-state index contributed by atoms with van der Waals surface area (Å²) in [6, 6.07) is 11.2. The number of rotatable bonds is 5. The average molecular weight is 451 g/mol. The molecule has 6 nitrogen and oxygen atoms in total. The van der Waals surface area contributed by atoms with Gasteiger partial charge in [-0.1, -0.05) is 12.1 Å². The Labute approximate surface area is 187 Å². The van der Waals surface area contributed by atoms with Gasteiger partial charge in [0.05, 0.1) is 23.0 Å². The standard InChI is InChI=1S/C23H22N4O2S2/c1-2-26(13-19-24-17-8-4-3-7-15(17)21(28)25-19)22(29)20-16-9-12-30-14-18(16)31-23(20)27-10-5-6-11-27/h3-8,10-11H,2,9,12-14H2,1H3,(H,24,25,28). The molecule has 0 unspecified atom stereocenters. The number of thiophene rings is 1. The van der Waals surface area contributed by atoms with E-state index in [0.29, 0.717) is 23.3 Å². The number of aromatic amines is 1. The summed E-state index contributed by atoms with van der Waals surface area (Å²) >= 11 is 3.62. The van der Waals surface area contributed by atoms with Gasteiger partial charge in [-0.25, -0.2) is 4.98 Å². The van der Waals surface area contributed by atoms with Crippen molar-refractivity contribution in [2.24, 2.45) is 0 Å². The lowest BCUT2D eigenvalue weighted by molar-refractivity contribution is 0.0748. The number of nitrogens with one attached hydrogen (secondary N) is 1. The van der Waals surface area contributed by atoms with Gasteiger partial charge < -0.3 is 14.5 Å². The summed E-state index contributed by atoms with van der Waals surface area (Å²) in [5, 5.41) is 1.53. The Morgan fingerprint density at radius 1 is 1.23 bits per heavy atom. The number of hydrogen-bond donors (Lipinski definition) is 1. The van der Waals surface area contributed by atoms with Crippen LogP contribution < -0.4 is 5.56 Å². The zero-order chi connectivity index (χ0) is 21.4. The van der Waals surface area contributed by atoms with Crippen LogP contribution in [0.25, 0.3) is 15.9 Å². The van der Waals surface area contributed by atoms with Gasteiger partial charge in [-0.15, -0.1) is 11.3 Å². The summed E-state index contributed by atoms with van der Waals surface area (Å²) < 4.78 is 2.03. The van der Waals surface area contributed by atoms with Crippen LogP contribution in [0.4, 0.5) is 0 Å². The summed E-state index contributed by atoms with van der Waals surface area (Å²) in [6.07, 6.45) is 4.88. The quantitative estimate of drug-likeness (QED) is 0.494. The van der Waals surface area contributed by atoms with E-state index < -0.39 is 0 Å². The van der Waals surface area contributed by atoms with E-state index in [2.05, 4.69) is 9.97 Å². The number of benzene rings is 1. The minimum Gasteiger partial charge on any atom is -0.331 e. The number of carbonyl (C=O) groups is 1. The molecule has 158 valence electrons. The van der Waals surface area contributed by atoms with E-state index in [1.54, 1.807) is 22.3 Å². The molecule has 1 amide bonds. The van der Waals surface area contributed by atoms with E-state index in [-0.39, 0.29) is 18.0 Å². The third-order valence-corrected chi connectivity index (χ3v) is 7.94. The fourth-order valence-corrected chi connectivity index (χ4v) is 6.40. The van der Waals surface area contributed by atoms with Crippen LogP contribution in [-0.2, 0) is 18.7 Å². The van der Waals surface area contributed by atoms with Gasteiger partial charge in [0.15, 0.2) is 0 Å². The highest BCUT2D eigenvalue weighted by molar-refractivity contribution is 7.98. The Morgan fingerprint density at radius 2 is 2.03 bits per heavy atom. The normalized spacial score (nSPS) is 13.3. The second-order valence-electron chi connectivity index (χ2n) is 7.43. The molecule has 0 spiro atoms. The van der Waals surface area contributed by atoms with Crippen molar-refractivity contribution in [1.29, 1.82) is 0 Å². The van der Waals surface area contributed by atoms with Crippen LogP contribution in [0.3, 0.4) is 0 Å². The first-order valence-electron chi connectivity index (χ1n) is 10.3. The fraction of sp³-hybridized carbons (Fsp3) is 0.261. The third kappa shape index (κ3) is 3.70. The van der Waals surface area contributed by atoms with E-state index in [1.807, 2.05) is 66.0 Å². The van der Waals surface area contributed by atoms with Gasteiger partial charge in [0.1, 0.15) is 10.8 Å². The first-order chi connectivity index (χ1) is 15.2. The number of nitrogens with zero attached hydrogens (tertiary/aromatic N) is 3. The van der Waals surface area contributed by atoms with Gasteiger partial charge in [0, 0.05) is 29.6 Å². The highest BCUT2D eigenvalue weighted by Crippen LogP contribution is 2.39. The maximum absolute atomic E-state index is 13.8. The summed E-state index contributed by atoms with van der Waals surface area (Å²) in [5.74, 6) is 2.47. The van der Waals surface area contributed by atoms with Gasteiger partial charge >= 0.3 is 0 Å². The number of para-hydroxylation sites is 1. The van der Waals surface area contributed by atoms with E-state index in [1.165, 1.54) is 10.4 Å². The topological polar surface area (TPSA) is 71.0 Å². The molecule has 0 bridgehead atoms. The summed E-state index contributed by atoms with van der Waals surface area (Å²) in [4.78, 5) is 36.7. The molecule has 1 aliphatic heterocycles. The highest BCUT2D eigenvalue weighted by Gasteiger charge is 2.29. The zero-order valence-corrected chi connectivity index (χ0v) is 18.8. The molecular weight excluding hydrogens is 428 g/mol. The molecule has 4 heterocycles. The van der Waals surface area contributed by atoms with E-state index in [0.717, 1.165) is 28.5 Å². The van der Waals surface area contributed by atoms with E-state index >= 15 is 0 Å². The zero-order valence-electron chi connectivity index (χ0n) is 17.1. The number of hydrogen-bond acceptors (Lipinski definition) is 5. The maximum Gasteiger partial charge on any atom is 0.258 e. The number of amides is 1. The van der Waals surface area contributed by atoms with Crippen LogP contribution in [0, 0.1) is 0 Å². The number of thioether (sulfide) groups is 1. The molecule has 0 atom stereocenters. The molecular formula is C23H22N4O2S2. The Balaban J connectivity index is 1.53. The van der Waals surface area contributed by atoms with Crippen molar-refractivity contribution in [3.8, 4) is 5.00 Å². The SMILES string of the molecule is CCN(Cc1nc2ccccc2c(=O)[nH]1)C(=O)c1c(-n2cccc2)sc2c1CCSC2. The lowest BCUT2D eigenvalue weighted by Gasteiger charge is -2.22. The fourth-order valence-electron chi connectivity index (χ4n) is 3.97. The molecule has 0 saturated heterocycles. The smallest absolute Gasteiger partial charge is 0.258 e. The van der Waals surface area contributed by atoms with Crippen molar-refractivity contribution < 1.29 is 4.79 Å². The molecule has 1 aliphatic rings. The van der Waals surface area contributed by atoms with Gasteiger partial charge in [-0.3, -0.25) is 9.59 Å². The number of H-pyrrole nitrogens is 1. The van der Waals surface area contributed by atoms with Gasteiger partial charge in [0.25, 0.3) is 11.5 Å². The Kier molecular flexibility index (Phi) is 5.41. The first-order valence-corrected chi connectivity index (χ1v) is 12.3. The summed E-state index contributed by atoms with van der Waals surface area (Å²) in [7, 11) is 0. The van der Waals surface area contributed by atoms with Gasteiger partial charge in [-0.05, 0) is 48.9 Å². The molecule has 0 fully saturated rings. The summed E-state index contributed by atoms with van der Waals surface area (Å²) in [5.41, 5.74) is 2.43. The molecule has 4 aromatic rings. The van der Waals surface area contributed by atoms with Gasteiger partial charge in [-0.2, -0.15) is 11.8 Å². The molecule has 0 aliphatic carbocycles. The third-order valence-electron chi connectivity index (χ3n) is 5.53. The lowest BCUT2D eigenvalue weighted by Crippen LogP contribution is -2.33. The Morgan fingerprint density at radius 3 is 2.84 bits per heavy atom. The van der Waals surface area contributed by atoms with Crippen molar-refractivity contribution in [3.05, 3.63) is 81.0 Å². The molecule has 0 radical (unpaired) electrons. The highest BCUT2D eigenvalue weighted by atomic mass is 32.2. The predicted octanol–water partition coefficient (Wildman–Crippen LogP) is 4.23. The number of carbonyl (C=O) groups excluding carboxylic acids is 1. The van der Waals surface area contributed by atoms with Crippen LogP contribution >= 0.6 is 23.1 Å².